The number of hydrogen-bond acceptors (Lipinski definition) is 5. The molecular weight excluding hydrogens is 212 g/mol. The zero-order chi connectivity index (χ0) is 10.7. The van der Waals surface area contributed by atoms with Crippen LogP contribution in [0.3, 0.4) is 0 Å². The number of nitrogens with zero attached hydrogens (tertiary/aromatic N) is 3. The second kappa shape index (κ2) is 4.41. The van der Waals surface area contributed by atoms with Crippen LogP contribution < -0.4 is 5.73 Å². The van der Waals surface area contributed by atoms with Crippen molar-refractivity contribution >= 4 is 17.3 Å². The van der Waals surface area contributed by atoms with E-state index in [-0.39, 0.29) is 0 Å². The largest absolute Gasteiger partial charge is 0.378 e. The first-order chi connectivity index (χ1) is 7.29. The summed E-state index contributed by atoms with van der Waals surface area (Å²) in [6.07, 6.45) is 3.52. The zero-order valence-electron chi connectivity index (χ0n) is 8.38. The van der Waals surface area contributed by atoms with Gasteiger partial charge in [0.25, 0.3) is 0 Å². The normalized spacial score (nSPS) is 10.7. The number of aromatic nitrogens is 3. The molecule has 0 fully saturated rings. The van der Waals surface area contributed by atoms with Gasteiger partial charge in [0, 0.05) is 24.9 Å². The molecule has 2 aromatic heterocycles. The Morgan fingerprint density at radius 1 is 1.60 bits per heavy atom. The minimum Gasteiger partial charge on any atom is -0.378 e. The molecule has 0 aliphatic heterocycles. The van der Waals surface area contributed by atoms with Crippen molar-refractivity contribution < 1.29 is 4.74 Å². The van der Waals surface area contributed by atoms with Gasteiger partial charge in [-0.1, -0.05) is 0 Å². The lowest BCUT2D eigenvalue weighted by atomic mass is 10.5. The fraction of sp³-hybridized carbons (Fsp3) is 0.333. The summed E-state index contributed by atoms with van der Waals surface area (Å²) in [6, 6.07) is 0. The highest BCUT2D eigenvalue weighted by atomic mass is 32.1. The van der Waals surface area contributed by atoms with Gasteiger partial charge in [0.1, 0.15) is 5.01 Å². The molecule has 5 nitrogen and oxygen atoms in total. The van der Waals surface area contributed by atoms with Crippen molar-refractivity contribution in [2.45, 2.75) is 13.2 Å². The zero-order valence-corrected chi connectivity index (χ0v) is 9.20. The molecule has 2 N–H and O–H groups in total. The van der Waals surface area contributed by atoms with Gasteiger partial charge < -0.3 is 15.0 Å². The van der Waals surface area contributed by atoms with Gasteiger partial charge in [0.2, 0.25) is 0 Å². The molecule has 0 unspecified atom stereocenters. The third kappa shape index (κ3) is 2.34. The number of hydrogen-bond donors (Lipinski definition) is 1. The van der Waals surface area contributed by atoms with E-state index in [1.54, 1.807) is 24.6 Å². The number of thiazole rings is 1. The van der Waals surface area contributed by atoms with Crippen LogP contribution in [-0.2, 0) is 17.9 Å². The molecule has 0 radical (unpaired) electrons. The van der Waals surface area contributed by atoms with Crippen LogP contribution in [0, 0.1) is 0 Å². The van der Waals surface area contributed by atoms with Crippen LogP contribution in [0.25, 0.3) is 0 Å². The summed E-state index contributed by atoms with van der Waals surface area (Å²) in [5.74, 6) is 0.510. The fourth-order valence-corrected chi connectivity index (χ4v) is 2.02. The van der Waals surface area contributed by atoms with E-state index < -0.39 is 0 Å². The minimum absolute atomic E-state index is 0.510. The molecule has 0 atom stereocenters. The molecule has 0 saturated carbocycles. The van der Waals surface area contributed by atoms with E-state index >= 15 is 0 Å². The quantitative estimate of drug-likeness (QED) is 0.845. The van der Waals surface area contributed by atoms with Gasteiger partial charge in [-0.05, 0) is 0 Å². The standard InChI is InChI=1S/C9H12N4OS/c1-14-5-8-12-7(6-15-8)4-13-3-2-11-9(13)10/h2-3,6H,4-5H2,1H3,(H2,10,11). The first-order valence-electron chi connectivity index (χ1n) is 4.48. The highest BCUT2D eigenvalue weighted by molar-refractivity contribution is 7.09. The number of rotatable bonds is 4. The molecule has 0 bridgehead atoms. The molecule has 15 heavy (non-hydrogen) atoms. The van der Waals surface area contributed by atoms with Crippen molar-refractivity contribution in [3.8, 4) is 0 Å². The number of imidazole rings is 1. The first kappa shape index (κ1) is 10.1. The maximum absolute atomic E-state index is 5.66. The van der Waals surface area contributed by atoms with Gasteiger partial charge in [-0.2, -0.15) is 0 Å². The Kier molecular flexibility index (Phi) is 2.98. The summed E-state index contributed by atoms with van der Waals surface area (Å²) >= 11 is 1.59. The Labute approximate surface area is 91.5 Å². The number of nitrogen functional groups attached to an aromatic ring is 1. The van der Waals surface area contributed by atoms with E-state index in [0.717, 1.165) is 10.7 Å². The van der Waals surface area contributed by atoms with Crippen molar-refractivity contribution in [1.29, 1.82) is 0 Å². The number of ether oxygens (including phenoxy) is 1. The molecule has 80 valence electrons. The lowest BCUT2D eigenvalue weighted by Gasteiger charge is -2.00. The SMILES string of the molecule is COCc1nc(Cn2ccnc2N)cs1. The van der Waals surface area contributed by atoms with Gasteiger partial charge in [-0.25, -0.2) is 9.97 Å². The average Bonchev–Trinajstić information content (AvgIpc) is 2.79. The van der Waals surface area contributed by atoms with Crippen molar-refractivity contribution in [1.82, 2.24) is 14.5 Å². The summed E-state index contributed by atoms with van der Waals surface area (Å²) in [5, 5.41) is 2.99. The topological polar surface area (TPSA) is 66.0 Å². The summed E-state index contributed by atoms with van der Waals surface area (Å²) in [5.41, 5.74) is 6.64. The van der Waals surface area contributed by atoms with Gasteiger partial charge in [0.15, 0.2) is 5.95 Å². The van der Waals surface area contributed by atoms with Crippen molar-refractivity contribution in [3.05, 3.63) is 28.5 Å². The Morgan fingerprint density at radius 2 is 2.47 bits per heavy atom. The smallest absolute Gasteiger partial charge is 0.200 e. The molecule has 0 aliphatic rings. The molecule has 0 amide bonds. The summed E-state index contributed by atoms with van der Waals surface area (Å²) in [7, 11) is 1.66. The van der Waals surface area contributed by atoms with Crippen molar-refractivity contribution in [2.24, 2.45) is 0 Å². The number of anilines is 1. The van der Waals surface area contributed by atoms with Crippen molar-refractivity contribution in [3.63, 3.8) is 0 Å². The van der Waals surface area contributed by atoms with E-state index in [9.17, 15) is 0 Å². The third-order valence-corrected chi connectivity index (χ3v) is 2.82. The molecule has 2 aromatic rings. The lowest BCUT2D eigenvalue weighted by Crippen LogP contribution is -2.04. The van der Waals surface area contributed by atoms with Crippen LogP contribution >= 0.6 is 11.3 Å². The summed E-state index contributed by atoms with van der Waals surface area (Å²) in [4.78, 5) is 8.35. The summed E-state index contributed by atoms with van der Waals surface area (Å²) in [6.45, 7) is 1.22. The van der Waals surface area contributed by atoms with Gasteiger partial charge in [0.05, 0.1) is 18.8 Å². The average molecular weight is 224 g/mol. The minimum atomic E-state index is 0.510. The van der Waals surface area contributed by atoms with Gasteiger partial charge >= 0.3 is 0 Å². The molecular formula is C9H12N4OS. The maximum Gasteiger partial charge on any atom is 0.200 e. The van der Waals surface area contributed by atoms with E-state index in [4.69, 9.17) is 10.5 Å². The predicted octanol–water partition coefficient (Wildman–Crippen LogP) is 1.12. The monoisotopic (exact) mass is 224 g/mol. The lowest BCUT2D eigenvalue weighted by molar-refractivity contribution is 0.184. The third-order valence-electron chi connectivity index (χ3n) is 1.95. The molecule has 2 heterocycles. The number of methoxy groups -OCH3 is 1. The highest BCUT2D eigenvalue weighted by Gasteiger charge is 2.04. The van der Waals surface area contributed by atoms with Crippen LogP contribution in [0.2, 0.25) is 0 Å². The highest BCUT2D eigenvalue weighted by Crippen LogP contribution is 2.12. The molecule has 0 saturated heterocycles. The van der Waals surface area contributed by atoms with Crippen molar-refractivity contribution in [2.75, 3.05) is 12.8 Å². The van der Waals surface area contributed by atoms with E-state index in [2.05, 4.69) is 9.97 Å². The van der Waals surface area contributed by atoms with Crippen LogP contribution in [0.1, 0.15) is 10.7 Å². The molecule has 0 aliphatic carbocycles. The Balaban J connectivity index is 2.08. The maximum atomic E-state index is 5.66. The fourth-order valence-electron chi connectivity index (χ4n) is 1.26. The molecule has 0 aromatic carbocycles. The van der Waals surface area contributed by atoms with Crippen LogP contribution in [-0.4, -0.2) is 21.6 Å². The summed E-state index contributed by atoms with van der Waals surface area (Å²) < 4.78 is 6.86. The van der Waals surface area contributed by atoms with E-state index in [1.165, 1.54) is 0 Å². The Bertz CT molecular complexity index is 437. The second-order valence-electron chi connectivity index (χ2n) is 3.08. The number of nitrogens with two attached hydrogens (primary N) is 1. The van der Waals surface area contributed by atoms with E-state index in [0.29, 0.717) is 19.1 Å². The van der Waals surface area contributed by atoms with Crippen LogP contribution in [0.5, 0.6) is 0 Å². The molecule has 6 heteroatoms. The molecule has 2 rings (SSSR count). The first-order valence-corrected chi connectivity index (χ1v) is 5.36. The predicted molar refractivity (Wildman–Crippen MR) is 58.6 cm³/mol. The van der Waals surface area contributed by atoms with Gasteiger partial charge in [-0.3, -0.25) is 0 Å². The molecule has 0 spiro atoms. The Hall–Kier alpha value is -1.40. The van der Waals surface area contributed by atoms with Crippen LogP contribution in [0.15, 0.2) is 17.8 Å². The Morgan fingerprint density at radius 3 is 3.13 bits per heavy atom. The van der Waals surface area contributed by atoms with Gasteiger partial charge in [-0.15, -0.1) is 11.3 Å². The van der Waals surface area contributed by atoms with E-state index in [1.807, 2.05) is 16.1 Å². The second-order valence-corrected chi connectivity index (χ2v) is 4.02. The van der Waals surface area contributed by atoms with Crippen LogP contribution in [0.4, 0.5) is 5.95 Å².